The molecular weight excluding hydrogens is 266 g/mol. The van der Waals surface area contributed by atoms with Crippen molar-refractivity contribution in [2.45, 2.75) is 31.3 Å². The first-order chi connectivity index (χ1) is 9.44. The molecule has 0 amide bonds. The van der Waals surface area contributed by atoms with Gasteiger partial charge in [0.25, 0.3) is 0 Å². The molecular formula is C16H25N3S. The lowest BCUT2D eigenvalue weighted by Gasteiger charge is -2.49. The lowest BCUT2D eigenvalue weighted by Crippen LogP contribution is -2.56. The molecule has 1 saturated carbocycles. The Morgan fingerprint density at radius 3 is 2.40 bits per heavy atom. The van der Waals surface area contributed by atoms with Gasteiger partial charge >= 0.3 is 0 Å². The molecule has 1 aliphatic carbocycles. The van der Waals surface area contributed by atoms with Crippen molar-refractivity contribution in [3.63, 3.8) is 0 Å². The number of benzene rings is 1. The van der Waals surface area contributed by atoms with Gasteiger partial charge in [-0.3, -0.25) is 0 Å². The smallest absolute Gasteiger partial charge is 0.104 e. The van der Waals surface area contributed by atoms with Crippen LogP contribution >= 0.6 is 12.2 Å². The molecule has 1 fully saturated rings. The van der Waals surface area contributed by atoms with E-state index in [9.17, 15) is 0 Å². The van der Waals surface area contributed by atoms with Gasteiger partial charge in [0.15, 0.2) is 0 Å². The zero-order chi connectivity index (χ0) is 14.8. The maximum atomic E-state index is 5.81. The number of nitrogens with zero attached hydrogens (tertiary/aromatic N) is 2. The number of nitrogens with two attached hydrogens (primary N) is 1. The fourth-order valence-electron chi connectivity index (χ4n) is 3.08. The minimum Gasteiger partial charge on any atom is -0.389 e. The second-order valence-electron chi connectivity index (χ2n) is 6.17. The number of hydrogen-bond acceptors (Lipinski definition) is 3. The Balaban J connectivity index is 2.05. The van der Waals surface area contributed by atoms with Crippen molar-refractivity contribution in [3.05, 3.63) is 35.4 Å². The highest BCUT2D eigenvalue weighted by Gasteiger charge is 2.39. The number of rotatable bonds is 6. The van der Waals surface area contributed by atoms with Crippen molar-refractivity contribution >= 4 is 17.2 Å². The Labute approximate surface area is 127 Å². The third kappa shape index (κ3) is 3.19. The molecule has 1 aromatic carbocycles. The highest BCUT2D eigenvalue weighted by atomic mass is 32.1. The van der Waals surface area contributed by atoms with E-state index in [0.29, 0.717) is 10.5 Å². The standard InChI is InChI=1S/C16H25N3S/c1-18(2)16(9-6-10-16)12-19(3)11-13-7-4-5-8-14(13)15(17)20/h4-5,7-8H,6,9-12H2,1-3H3,(H2,17,20). The molecule has 0 bridgehead atoms. The molecule has 0 aliphatic heterocycles. The molecule has 0 radical (unpaired) electrons. The van der Waals surface area contributed by atoms with Crippen LogP contribution in [0.4, 0.5) is 0 Å². The number of hydrogen-bond donors (Lipinski definition) is 1. The maximum absolute atomic E-state index is 5.81. The van der Waals surface area contributed by atoms with Crippen molar-refractivity contribution in [2.24, 2.45) is 5.73 Å². The SMILES string of the molecule is CN(Cc1ccccc1C(N)=S)CC1(N(C)C)CCC1. The molecule has 0 aromatic heterocycles. The summed E-state index contributed by atoms with van der Waals surface area (Å²) in [6.07, 6.45) is 3.93. The van der Waals surface area contributed by atoms with Crippen LogP contribution in [0.15, 0.2) is 24.3 Å². The van der Waals surface area contributed by atoms with Crippen molar-refractivity contribution in [3.8, 4) is 0 Å². The summed E-state index contributed by atoms with van der Waals surface area (Å²) >= 11 is 5.14. The molecule has 1 aliphatic rings. The first kappa shape index (κ1) is 15.4. The molecule has 0 unspecified atom stereocenters. The van der Waals surface area contributed by atoms with Gasteiger partial charge in [0, 0.05) is 24.2 Å². The predicted molar refractivity (Wildman–Crippen MR) is 88.9 cm³/mol. The van der Waals surface area contributed by atoms with E-state index in [1.807, 2.05) is 12.1 Å². The van der Waals surface area contributed by atoms with E-state index in [-0.39, 0.29) is 0 Å². The summed E-state index contributed by atoms with van der Waals surface area (Å²) < 4.78 is 0. The van der Waals surface area contributed by atoms with Gasteiger partial charge in [0.05, 0.1) is 0 Å². The van der Waals surface area contributed by atoms with E-state index in [4.69, 9.17) is 18.0 Å². The van der Waals surface area contributed by atoms with Crippen LogP contribution in [0, 0.1) is 0 Å². The normalized spacial score (nSPS) is 17.2. The molecule has 3 nitrogen and oxygen atoms in total. The van der Waals surface area contributed by atoms with Crippen molar-refractivity contribution in [1.82, 2.24) is 9.80 Å². The minimum atomic E-state index is 0.354. The van der Waals surface area contributed by atoms with Crippen LogP contribution in [-0.4, -0.2) is 48.0 Å². The number of likely N-dealkylation sites (N-methyl/N-ethyl adjacent to an activating group) is 2. The molecule has 20 heavy (non-hydrogen) atoms. The van der Waals surface area contributed by atoms with E-state index in [2.05, 4.69) is 43.1 Å². The van der Waals surface area contributed by atoms with E-state index in [1.54, 1.807) is 0 Å². The molecule has 1 aromatic rings. The van der Waals surface area contributed by atoms with Crippen LogP contribution in [0.2, 0.25) is 0 Å². The monoisotopic (exact) mass is 291 g/mol. The summed E-state index contributed by atoms with van der Waals surface area (Å²) in [7, 11) is 6.56. The Bertz CT molecular complexity index is 480. The molecule has 0 saturated heterocycles. The maximum Gasteiger partial charge on any atom is 0.104 e. The van der Waals surface area contributed by atoms with Gasteiger partial charge < -0.3 is 15.5 Å². The lowest BCUT2D eigenvalue weighted by atomic mass is 9.75. The zero-order valence-corrected chi connectivity index (χ0v) is 13.5. The average Bonchev–Trinajstić information content (AvgIpc) is 2.33. The molecule has 2 rings (SSSR count). The predicted octanol–water partition coefficient (Wildman–Crippen LogP) is 2.24. The first-order valence-corrected chi connectivity index (χ1v) is 7.59. The van der Waals surface area contributed by atoms with Gasteiger partial charge in [-0.1, -0.05) is 36.5 Å². The average molecular weight is 291 g/mol. The largest absolute Gasteiger partial charge is 0.389 e. The summed E-state index contributed by atoms with van der Waals surface area (Å²) in [6, 6.07) is 8.17. The first-order valence-electron chi connectivity index (χ1n) is 7.18. The van der Waals surface area contributed by atoms with Crippen LogP contribution in [0.25, 0.3) is 0 Å². The van der Waals surface area contributed by atoms with E-state index < -0.39 is 0 Å². The number of thiocarbonyl (C=S) groups is 1. The fraction of sp³-hybridized carbons (Fsp3) is 0.562. The second kappa shape index (κ2) is 6.20. The van der Waals surface area contributed by atoms with Gasteiger partial charge in [0.1, 0.15) is 4.99 Å². The van der Waals surface area contributed by atoms with Crippen molar-refractivity contribution in [1.29, 1.82) is 0 Å². The van der Waals surface area contributed by atoms with Crippen LogP contribution in [0.1, 0.15) is 30.4 Å². The van der Waals surface area contributed by atoms with Crippen molar-refractivity contribution in [2.75, 3.05) is 27.7 Å². The minimum absolute atomic E-state index is 0.354. The van der Waals surface area contributed by atoms with Gasteiger partial charge in [-0.25, -0.2) is 0 Å². The van der Waals surface area contributed by atoms with Gasteiger partial charge in [-0.2, -0.15) is 0 Å². The van der Waals surface area contributed by atoms with Gasteiger partial charge in [-0.15, -0.1) is 0 Å². The highest BCUT2D eigenvalue weighted by Crippen LogP contribution is 2.36. The summed E-state index contributed by atoms with van der Waals surface area (Å²) in [4.78, 5) is 5.25. The third-order valence-electron chi connectivity index (χ3n) is 4.52. The third-order valence-corrected chi connectivity index (χ3v) is 4.74. The Morgan fingerprint density at radius 1 is 1.25 bits per heavy atom. The molecule has 0 atom stereocenters. The fourth-order valence-corrected chi connectivity index (χ4v) is 3.28. The second-order valence-corrected chi connectivity index (χ2v) is 6.61. The quantitative estimate of drug-likeness (QED) is 0.815. The van der Waals surface area contributed by atoms with Crippen LogP contribution < -0.4 is 5.73 Å². The summed E-state index contributed by atoms with van der Waals surface area (Å²) in [6.45, 7) is 1.98. The molecule has 0 spiro atoms. The summed E-state index contributed by atoms with van der Waals surface area (Å²) in [5.74, 6) is 0. The van der Waals surface area contributed by atoms with E-state index >= 15 is 0 Å². The van der Waals surface area contributed by atoms with Crippen LogP contribution in [0.3, 0.4) is 0 Å². The summed E-state index contributed by atoms with van der Waals surface area (Å²) in [5.41, 5.74) is 8.38. The topological polar surface area (TPSA) is 32.5 Å². The molecule has 4 heteroatoms. The molecule has 2 N–H and O–H groups in total. The van der Waals surface area contributed by atoms with Gasteiger partial charge in [-0.05, 0) is 46.0 Å². The molecule has 110 valence electrons. The molecule has 0 heterocycles. The lowest BCUT2D eigenvalue weighted by molar-refractivity contribution is 0.0259. The van der Waals surface area contributed by atoms with Gasteiger partial charge in [0.2, 0.25) is 0 Å². The Kier molecular flexibility index (Phi) is 4.78. The zero-order valence-electron chi connectivity index (χ0n) is 12.7. The van der Waals surface area contributed by atoms with E-state index in [0.717, 1.165) is 18.7 Å². The van der Waals surface area contributed by atoms with Crippen LogP contribution in [0.5, 0.6) is 0 Å². The Hall–Kier alpha value is -0.970. The van der Waals surface area contributed by atoms with Crippen LogP contribution in [-0.2, 0) is 6.54 Å². The summed E-state index contributed by atoms with van der Waals surface area (Å²) in [5, 5.41) is 0. The van der Waals surface area contributed by atoms with E-state index in [1.165, 1.54) is 24.8 Å². The Morgan fingerprint density at radius 2 is 1.90 bits per heavy atom. The highest BCUT2D eigenvalue weighted by molar-refractivity contribution is 7.80. The van der Waals surface area contributed by atoms with Crippen molar-refractivity contribution < 1.29 is 0 Å².